The van der Waals surface area contributed by atoms with Gasteiger partial charge in [0.15, 0.2) is 11.5 Å². The Bertz CT molecular complexity index is 1140. The second kappa shape index (κ2) is 6.67. The Morgan fingerprint density at radius 3 is 2.77 bits per heavy atom. The molecule has 1 aliphatic rings. The van der Waals surface area contributed by atoms with E-state index in [4.69, 9.17) is 9.47 Å². The summed E-state index contributed by atoms with van der Waals surface area (Å²) in [6, 6.07) is 9.60. The first-order valence-corrected chi connectivity index (χ1v) is 9.31. The van der Waals surface area contributed by atoms with Gasteiger partial charge in [-0.05, 0) is 35.9 Å². The normalized spacial score (nSPS) is 12.3. The number of nitrogens with zero attached hydrogens (tertiary/aromatic N) is 1. The van der Waals surface area contributed by atoms with E-state index in [0.29, 0.717) is 33.1 Å². The Morgan fingerprint density at radius 2 is 2.00 bits per heavy atom. The van der Waals surface area contributed by atoms with E-state index in [1.807, 2.05) is 18.2 Å². The van der Waals surface area contributed by atoms with E-state index in [9.17, 15) is 14.4 Å². The van der Waals surface area contributed by atoms with E-state index in [-0.39, 0.29) is 12.4 Å². The molecule has 8 heteroatoms. The smallest absolute Gasteiger partial charge is 0.267 e. The number of hydrogen-bond acceptors (Lipinski definition) is 5. The molecule has 130 valence electrons. The summed E-state index contributed by atoms with van der Waals surface area (Å²) in [6.07, 6.45) is 0. The third-order valence-corrected chi connectivity index (χ3v) is 5.78. The minimum absolute atomic E-state index is 0.0198. The molecule has 1 N–H and O–H groups in total. The lowest BCUT2D eigenvalue weighted by Crippen LogP contribution is -2.11. The number of ether oxygens (including phenoxy) is 2. The average molecular weight is 433 g/mol. The molecule has 26 heavy (non-hydrogen) atoms. The molecule has 0 amide bonds. The van der Waals surface area contributed by atoms with Crippen LogP contribution in [-0.4, -0.2) is 11.8 Å². The number of nitriles is 1. The van der Waals surface area contributed by atoms with Gasteiger partial charge in [0.25, 0.3) is 5.56 Å². The molecule has 4 rings (SSSR count). The van der Waals surface area contributed by atoms with E-state index < -0.39 is 11.4 Å². The van der Waals surface area contributed by atoms with Crippen LogP contribution in [0.5, 0.6) is 11.5 Å². The molecule has 0 atom stereocenters. The summed E-state index contributed by atoms with van der Waals surface area (Å²) in [4.78, 5) is 14.9. The Morgan fingerprint density at radius 1 is 1.23 bits per heavy atom. The molecule has 1 aromatic heterocycles. The van der Waals surface area contributed by atoms with Crippen molar-refractivity contribution in [3.05, 3.63) is 62.1 Å². The standard InChI is InChI=1S/C18H10BrFN2O3S/c19-14-5-16-15(24-8-25-16)3-9(14)7-26-18-12-4-10(20)1-2-11(12)13(6-21)17(23)22-18/h1-5H,7-8H2,(H,22,23). The molecular formula is C18H10BrFN2O3S. The van der Waals surface area contributed by atoms with Crippen LogP contribution in [0.25, 0.3) is 10.8 Å². The highest BCUT2D eigenvalue weighted by Crippen LogP contribution is 2.39. The number of thioether (sulfide) groups is 1. The quantitative estimate of drug-likeness (QED) is 0.623. The van der Waals surface area contributed by atoms with Crippen molar-refractivity contribution in [3.63, 3.8) is 0 Å². The van der Waals surface area contributed by atoms with Gasteiger partial charge in [0.05, 0.1) is 5.03 Å². The van der Waals surface area contributed by atoms with E-state index in [1.54, 1.807) is 0 Å². The molecule has 0 unspecified atom stereocenters. The van der Waals surface area contributed by atoms with Gasteiger partial charge < -0.3 is 14.5 Å². The van der Waals surface area contributed by atoms with Crippen molar-refractivity contribution in [2.45, 2.75) is 10.8 Å². The number of pyridine rings is 1. The number of halogens is 2. The molecule has 0 radical (unpaired) electrons. The van der Waals surface area contributed by atoms with Gasteiger partial charge in [-0.1, -0.05) is 15.9 Å². The van der Waals surface area contributed by atoms with Crippen LogP contribution in [0, 0.1) is 17.1 Å². The molecule has 2 heterocycles. The van der Waals surface area contributed by atoms with Crippen molar-refractivity contribution in [1.82, 2.24) is 4.98 Å². The minimum Gasteiger partial charge on any atom is -0.454 e. The van der Waals surface area contributed by atoms with Crippen LogP contribution in [0.4, 0.5) is 4.39 Å². The summed E-state index contributed by atoms with van der Waals surface area (Å²) in [7, 11) is 0. The summed E-state index contributed by atoms with van der Waals surface area (Å²) < 4.78 is 25.3. The molecule has 0 spiro atoms. The van der Waals surface area contributed by atoms with E-state index >= 15 is 0 Å². The van der Waals surface area contributed by atoms with Gasteiger partial charge in [-0.15, -0.1) is 11.8 Å². The summed E-state index contributed by atoms with van der Waals surface area (Å²) in [6.45, 7) is 0.186. The van der Waals surface area contributed by atoms with Crippen LogP contribution < -0.4 is 15.0 Å². The first kappa shape index (κ1) is 16.9. The van der Waals surface area contributed by atoms with Crippen molar-refractivity contribution in [3.8, 4) is 17.6 Å². The van der Waals surface area contributed by atoms with E-state index in [2.05, 4.69) is 20.9 Å². The Labute approximate surface area is 159 Å². The highest BCUT2D eigenvalue weighted by atomic mass is 79.9. The lowest BCUT2D eigenvalue weighted by Gasteiger charge is -2.09. The van der Waals surface area contributed by atoms with Gasteiger partial charge in [0.1, 0.15) is 17.4 Å². The maximum atomic E-state index is 13.7. The molecular weight excluding hydrogens is 423 g/mol. The number of fused-ring (bicyclic) bond motifs is 2. The Hall–Kier alpha value is -2.50. The number of aromatic amines is 1. The van der Waals surface area contributed by atoms with Crippen molar-refractivity contribution >= 4 is 38.5 Å². The summed E-state index contributed by atoms with van der Waals surface area (Å²) >= 11 is 4.84. The zero-order valence-electron chi connectivity index (χ0n) is 13.1. The summed E-state index contributed by atoms with van der Waals surface area (Å²) in [5.41, 5.74) is 0.432. The number of rotatable bonds is 3. The second-order valence-corrected chi connectivity index (χ2v) is 7.39. The van der Waals surface area contributed by atoms with Gasteiger partial charge in [0.2, 0.25) is 6.79 Å². The molecule has 0 saturated heterocycles. The third-order valence-electron chi connectivity index (χ3n) is 3.98. The minimum atomic E-state index is -0.487. The van der Waals surface area contributed by atoms with Gasteiger partial charge in [0, 0.05) is 21.0 Å². The maximum Gasteiger partial charge on any atom is 0.267 e. The molecule has 5 nitrogen and oxygen atoms in total. The molecule has 0 aliphatic carbocycles. The van der Waals surface area contributed by atoms with Crippen LogP contribution in [0.15, 0.2) is 44.6 Å². The van der Waals surface area contributed by atoms with Gasteiger partial charge in [-0.3, -0.25) is 4.79 Å². The van der Waals surface area contributed by atoms with Crippen molar-refractivity contribution in [2.75, 3.05) is 6.79 Å². The van der Waals surface area contributed by atoms with Crippen LogP contribution >= 0.6 is 27.7 Å². The number of H-pyrrole nitrogens is 1. The fourth-order valence-electron chi connectivity index (χ4n) is 2.72. The first-order chi connectivity index (χ1) is 12.6. The van der Waals surface area contributed by atoms with Gasteiger partial charge in [-0.25, -0.2) is 4.39 Å². The Balaban J connectivity index is 1.73. The van der Waals surface area contributed by atoms with Crippen LogP contribution in [0.2, 0.25) is 0 Å². The molecule has 0 bridgehead atoms. The monoisotopic (exact) mass is 432 g/mol. The van der Waals surface area contributed by atoms with Crippen molar-refractivity contribution in [2.24, 2.45) is 0 Å². The molecule has 2 aromatic carbocycles. The largest absolute Gasteiger partial charge is 0.454 e. The molecule has 1 aliphatic heterocycles. The summed E-state index contributed by atoms with van der Waals surface area (Å²) in [5.74, 6) is 1.41. The van der Waals surface area contributed by atoms with Crippen LogP contribution in [-0.2, 0) is 5.75 Å². The van der Waals surface area contributed by atoms with E-state index in [1.165, 1.54) is 30.0 Å². The first-order valence-electron chi connectivity index (χ1n) is 7.53. The predicted molar refractivity (Wildman–Crippen MR) is 99.1 cm³/mol. The molecule has 0 fully saturated rings. The van der Waals surface area contributed by atoms with Crippen LogP contribution in [0.1, 0.15) is 11.1 Å². The fourth-order valence-corrected chi connectivity index (χ4v) is 4.40. The third kappa shape index (κ3) is 2.93. The van der Waals surface area contributed by atoms with E-state index in [0.717, 1.165) is 10.0 Å². The molecule has 0 saturated carbocycles. The lowest BCUT2D eigenvalue weighted by molar-refractivity contribution is 0.174. The predicted octanol–water partition coefficient (Wildman–Crippen LogP) is 4.32. The Kier molecular flexibility index (Phi) is 4.34. The fraction of sp³-hybridized carbons (Fsp3) is 0.111. The van der Waals surface area contributed by atoms with Gasteiger partial charge in [-0.2, -0.15) is 5.26 Å². The number of aromatic nitrogens is 1. The SMILES string of the molecule is N#Cc1c(=O)[nH]c(SCc2cc3c(cc2Br)OCO3)c2cc(F)ccc12. The number of hydrogen-bond donors (Lipinski definition) is 1. The van der Waals surface area contributed by atoms with Gasteiger partial charge >= 0.3 is 0 Å². The lowest BCUT2D eigenvalue weighted by atomic mass is 10.1. The second-order valence-electron chi connectivity index (χ2n) is 5.55. The van der Waals surface area contributed by atoms with Crippen molar-refractivity contribution in [1.29, 1.82) is 5.26 Å². The molecule has 3 aromatic rings. The summed E-state index contributed by atoms with van der Waals surface area (Å²) in [5, 5.41) is 10.7. The number of nitrogens with one attached hydrogen (secondary N) is 1. The highest BCUT2D eigenvalue weighted by Gasteiger charge is 2.17. The van der Waals surface area contributed by atoms with Crippen molar-refractivity contribution < 1.29 is 13.9 Å². The maximum absolute atomic E-state index is 13.7. The number of benzene rings is 2. The highest BCUT2D eigenvalue weighted by molar-refractivity contribution is 9.10. The van der Waals surface area contributed by atoms with Crippen LogP contribution in [0.3, 0.4) is 0 Å². The topological polar surface area (TPSA) is 75.1 Å². The zero-order valence-corrected chi connectivity index (χ0v) is 15.5. The zero-order chi connectivity index (χ0) is 18.3. The average Bonchev–Trinajstić information content (AvgIpc) is 3.07.